The summed E-state index contributed by atoms with van der Waals surface area (Å²) < 4.78 is 44.8. The molecule has 1 aromatic rings. The highest BCUT2D eigenvalue weighted by molar-refractivity contribution is 7.88. The SMILES string of the molecule is CC(C)OCCOC1CCOC2(CCN(S(=O)(=O)Cc3ccccc3)CC2)C1. The summed E-state index contributed by atoms with van der Waals surface area (Å²) in [4.78, 5) is 0. The predicted octanol–water partition coefficient (Wildman–Crippen LogP) is 2.97. The lowest BCUT2D eigenvalue weighted by molar-refractivity contribution is -0.154. The van der Waals surface area contributed by atoms with Crippen molar-refractivity contribution in [3.05, 3.63) is 35.9 Å². The fourth-order valence-corrected chi connectivity index (χ4v) is 5.56. The number of hydrogen-bond donors (Lipinski definition) is 0. The minimum atomic E-state index is -3.30. The lowest BCUT2D eigenvalue weighted by Gasteiger charge is -2.45. The number of benzene rings is 1. The van der Waals surface area contributed by atoms with Crippen molar-refractivity contribution in [3.8, 4) is 0 Å². The Balaban J connectivity index is 1.49. The number of rotatable bonds is 8. The molecule has 1 unspecified atom stereocenters. The minimum Gasteiger partial charge on any atom is -0.376 e. The van der Waals surface area contributed by atoms with Crippen LogP contribution in [0, 0.1) is 0 Å². The van der Waals surface area contributed by atoms with Gasteiger partial charge in [-0.25, -0.2) is 12.7 Å². The monoisotopic (exact) mass is 411 g/mol. The summed E-state index contributed by atoms with van der Waals surface area (Å²) in [7, 11) is -3.30. The first kappa shape index (κ1) is 21.7. The van der Waals surface area contributed by atoms with Crippen molar-refractivity contribution in [2.45, 2.75) is 63.1 Å². The second-order valence-corrected chi connectivity index (χ2v) is 10.0. The Morgan fingerprint density at radius 1 is 1.18 bits per heavy atom. The van der Waals surface area contributed by atoms with Gasteiger partial charge >= 0.3 is 0 Å². The molecule has 2 saturated heterocycles. The van der Waals surface area contributed by atoms with Crippen LogP contribution in [-0.4, -0.2) is 63.4 Å². The van der Waals surface area contributed by atoms with Crippen molar-refractivity contribution < 1.29 is 22.6 Å². The van der Waals surface area contributed by atoms with Crippen LogP contribution in [0.2, 0.25) is 0 Å². The largest absolute Gasteiger partial charge is 0.376 e. The van der Waals surface area contributed by atoms with Crippen LogP contribution >= 0.6 is 0 Å². The molecule has 2 heterocycles. The van der Waals surface area contributed by atoms with Gasteiger partial charge in [0.15, 0.2) is 0 Å². The number of piperidine rings is 1. The average Bonchev–Trinajstić information content (AvgIpc) is 2.66. The van der Waals surface area contributed by atoms with E-state index in [0.29, 0.717) is 32.9 Å². The highest BCUT2D eigenvalue weighted by Gasteiger charge is 2.42. The Bertz CT molecular complexity index is 699. The first-order chi connectivity index (χ1) is 13.4. The molecule has 28 heavy (non-hydrogen) atoms. The first-order valence-electron chi connectivity index (χ1n) is 10.3. The van der Waals surface area contributed by atoms with Gasteiger partial charge in [-0.05, 0) is 38.7 Å². The third-order valence-electron chi connectivity index (χ3n) is 5.55. The first-order valence-corrected chi connectivity index (χ1v) is 11.9. The van der Waals surface area contributed by atoms with Gasteiger partial charge in [-0.15, -0.1) is 0 Å². The molecule has 1 aromatic carbocycles. The lowest BCUT2D eigenvalue weighted by atomic mass is 9.84. The highest BCUT2D eigenvalue weighted by atomic mass is 32.2. The van der Waals surface area contributed by atoms with Gasteiger partial charge in [0, 0.05) is 26.1 Å². The van der Waals surface area contributed by atoms with Crippen molar-refractivity contribution >= 4 is 10.0 Å². The van der Waals surface area contributed by atoms with E-state index in [2.05, 4.69) is 0 Å². The van der Waals surface area contributed by atoms with Gasteiger partial charge in [-0.2, -0.15) is 0 Å². The van der Waals surface area contributed by atoms with Gasteiger partial charge in [0.1, 0.15) is 0 Å². The number of sulfonamides is 1. The van der Waals surface area contributed by atoms with Crippen LogP contribution in [0.1, 0.15) is 45.1 Å². The topological polar surface area (TPSA) is 65.1 Å². The maximum atomic E-state index is 12.8. The molecule has 3 rings (SSSR count). The molecule has 0 bridgehead atoms. The zero-order valence-electron chi connectivity index (χ0n) is 17.0. The van der Waals surface area contributed by atoms with Gasteiger partial charge in [0.25, 0.3) is 0 Å². The Hall–Kier alpha value is -0.990. The molecule has 0 aliphatic carbocycles. The summed E-state index contributed by atoms with van der Waals surface area (Å²) in [5.41, 5.74) is 0.578. The molecule has 2 aliphatic heterocycles. The maximum absolute atomic E-state index is 12.8. The third kappa shape index (κ3) is 6.00. The Morgan fingerprint density at radius 2 is 1.89 bits per heavy atom. The molecule has 158 valence electrons. The van der Waals surface area contributed by atoms with Crippen molar-refractivity contribution in [1.29, 1.82) is 0 Å². The summed E-state index contributed by atoms with van der Waals surface area (Å²) in [5.74, 6) is 0.0588. The Kier molecular flexibility index (Phi) is 7.50. The smallest absolute Gasteiger partial charge is 0.218 e. The molecule has 0 amide bonds. The zero-order chi connectivity index (χ0) is 20.0. The predicted molar refractivity (Wildman–Crippen MR) is 109 cm³/mol. The number of ether oxygens (including phenoxy) is 3. The molecule has 0 aromatic heterocycles. The normalized spacial score (nSPS) is 23.3. The summed E-state index contributed by atoms with van der Waals surface area (Å²) in [5, 5.41) is 0. The Morgan fingerprint density at radius 3 is 2.57 bits per heavy atom. The van der Waals surface area contributed by atoms with E-state index in [1.54, 1.807) is 4.31 Å². The van der Waals surface area contributed by atoms with Crippen LogP contribution in [0.4, 0.5) is 0 Å². The van der Waals surface area contributed by atoms with Crippen molar-refractivity contribution in [2.75, 3.05) is 32.9 Å². The van der Waals surface area contributed by atoms with Gasteiger partial charge in [-0.1, -0.05) is 30.3 Å². The Labute approximate surface area is 169 Å². The molecule has 6 nitrogen and oxygen atoms in total. The van der Waals surface area contributed by atoms with E-state index >= 15 is 0 Å². The molecular weight excluding hydrogens is 378 g/mol. The summed E-state index contributed by atoms with van der Waals surface area (Å²) in [6, 6.07) is 9.36. The second kappa shape index (κ2) is 9.67. The van der Waals surface area contributed by atoms with Crippen molar-refractivity contribution in [3.63, 3.8) is 0 Å². The quantitative estimate of drug-likeness (QED) is 0.616. The lowest BCUT2D eigenvalue weighted by Crippen LogP contribution is -2.52. The van der Waals surface area contributed by atoms with Crippen LogP contribution < -0.4 is 0 Å². The molecule has 0 saturated carbocycles. The molecule has 0 N–H and O–H groups in total. The third-order valence-corrected chi connectivity index (χ3v) is 7.40. The summed E-state index contributed by atoms with van der Waals surface area (Å²) in [6.45, 7) is 6.93. The van der Waals surface area contributed by atoms with Gasteiger partial charge < -0.3 is 14.2 Å². The molecule has 0 radical (unpaired) electrons. The molecule has 2 fully saturated rings. The number of nitrogens with zero attached hydrogens (tertiary/aromatic N) is 1. The minimum absolute atomic E-state index is 0.0588. The second-order valence-electron chi connectivity index (χ2n) is 8.08. The van der Waals surface area contributed by atoms with E-state index < -0.39 is 10.0 Å². The van der Waals surface area contributed by atoms with E-state index in [9.17, 15) is 8.42 Å². The fourth-order valence-electron chi connectivity index (χ4n) is 4.02. The van der Waals surface area contributed by atoms with E-state index in [0.717, 1.165) is 31.2 Å². The molecule has 1 spiro atoms. The van der Waals surface area contributed by atoms with Crippen molar-refractivity contribution in [1.82, 2.24) is 4.31 Å². The van der Waals surface area contributed by atoms with Crippen LogP contribution in [0.3, 0.4) is 0 Å². The van der Waals surface area contributed by atoms with Crippen LogP contribution in [0.15, 0.2) is 30.3 Å². The molecular formula is C21H33NO5S. The van der Waals surface area contributed by atoms with E-state index in [1.165, 1.54) is 0 Å². The summed E-state index contributed by atoms with van der Waals surface area (Å²) >= 11 is 0. The van der Waals surface area contributed by atoms with Gasteiger partial charge in [-0.3, -0.25) is 0 Å². The molecule has 2 aliphatic rings. The van der Waals surface area contributed by atoms with Crippen molar-refractivity contribution in [2.24, 2.45) is 0 Å². The highest BCUT2D eigenvalue weighted by Crippen LogP contribution is 2.37. The van der Waals surface area contributed by atoms with Gasteiger partial charge in [0.05, 0.1) is 36.8 Å². The van der Waals surface area contributed by atoms with E-state index in [-0.39, 0.29) is 23.6 Å². The van der Waals surface area contributed by atoms with E-state index in [1.807, 2.05) is 44.2 Å². The maximum Gasteiger partial charge on any atom is 0.218 e. The fraction of sp³-hybridized carbons (Fsp3) is 0.714. The zero-order valence-corrected chi connectivity index (χ0v) is 17.8. The van der Waals surface area contributed by atoms with Crippen LogP contribution in [0.5, 0.6) is 0 Å². The summed E-state index contributed by atoms with van der Waals surface area (Å²) in [6.07, 6.45) is 3.55. The van der Waals surface area contributed by atoms with Gasteiger partial charge in [0.2, 0.25) is 10.0 Å². The van der Waals surface area contributed by atoms with Crippen LogP contribution in [-0.2, 0) is 30.0 Å². The van der Waals surface area contributed by atoms with E-state index in [4.69, 9.17) is 14.2 Å². The molecule has 1 atom stereocenters. The number of hydrogen-bond acceptors (Lipinski definition) is 5. The average molecular weight is 412 g/mol. The standard InChI is InChI=1S/C21H33NO5S/c1-18(2)25-14-15-26-20-8-13-27-21(16-20)9-11-22(12-10-21)28(23,24)17-19-6-4-3-5-7-19/h3-7,18,20H,8-17H2,1-2H3. The van der Waals surface area contributed by atoms with Crippen LogP contribution in [0.25, 0.3) is 0 Å². The molecule has 7 heteroatoms.